The molecule has 0 aromatic heterocycles. The van der Waals surface area contributed by atoms with Crippen molar-refractivity contribution in [2.75, 3.05) is 13.7 Å². The molecule has 1 amide bonds. The lowest BCUT2D eigenvalue weighted by atomic mass is 9.98. The molecule has 0 spiro atoms. The topological polar surface area (TPSA) is 55.6 Å². The Morgan fingerprint density at radius 3 is 2.74 bits per heavy atom. The van der Waals surface area contributed by atoms with Gasteiger partial charge >= 0.3 is 0 Å². The summed E-state index contributed by atoms with van der Waals surface area (Å²) in [7, 11) is 1.73. The lowest BCUT2D eigenvalue weighted by Gasteiger charge is -2.29. The molecule has 1 radical (unpaired) electrons. The highest BCUT2D eigenvalue weighted by atomic mass is 16.5. The number of hydrogen-bond acceptors (Lipinski definition) is 3. The van der Waals surface area contributed by atoms with Crippen LogP contribution < -0.4 is 10.5 Å². The molecular formula is C19H21N2O2. The molecule has 0 saturated heterocycles. The Morgan fingerprint density at radius 2 is 2.04 bits per heavy atom. The van der Waals surface area contributed by atoms with Gasteiger partial charge in [0, 0.05) is 19.6 Å². The molecule has 4 heteroatoms. The number of hydrogen-bond donors (Lipinski definition) is 1. The van der Waals surface area contributed by atoms with Crippen LogP contribution in [-0.2, 0) is 24.3 Å². The molecule has 1 aliphatic rings. The zero-order valence-corrected chi connectivity index (χ0v) is 13.3. The van der Waals surface area contributed by atoms with Gasteiger partial charge in [-0.1, -0.05) is 36.4 Å². The van der Waals surface area contributed by atoms with Crippen LogP contribution in [-0.4, -0.2) is 24.5 Å². The van der Waals surface area contributed by atoms with Crippen LogP contribution in [0.25, 0.3) is 0 Å². The minimum atomic E-state index is -0.417. The number of carbonyl (C=O) groups is 1. The molecule has 0 aliphatic carbocycles. The molecule has 0 atom stereocenters. The molecule has 4 nitrogen and oxygen atoms in total. The van der Waals surface area contributed by atoms with Crippen molar-refractivity contribution in [1.29, 1.82) is 0 Å². The van der Waals surface area contributed by atoms with Crippen LogP contribution in [0.15, 0.2) is 42.5 Å². The van der Waals surface area contributed by atoms with Gasteiger partial charge in [-0.25, -0.2) is 0 Å². The molecule has 23 heavy (non-hydrogen) atoms. The van der Waals surface area contributed by atoms with Crippen LogP contribution in [0.5, 0.6) is 5.75 Å². The van der Waals surface area contributed by atoms with E-state index < -0.39 is 5.91 Å². The van der Waals surface area contributed by atoms with E-state index in [0.717, 1.165) is 37.4 Å². The fourth-order valence-electron chi connectivity index (χ4n) is 3.10. The third kappa shape index (κ3) is 3.71. The molecule has 2 aromatic rings. The van der Waals surface area contributed by atoms with Gasteiger partial charge < -0.3 is 10.5 Å². The normalized spacial score (nSPS) is 14.3. The van der Waals surface area contributed by atoms with E-state index in [0.29, 0.717) is 0 Å². The number of primary amides is 1. The first kappa shape index (κ1) is 15.6. The molecule has 2 aromatic carbocycles. The summed E-state index contributed by atoms with van der Waals surface area (Å²) in [5.74, 6) is 0.577. The van der Waals surface area contributed by atoms with Crippen molar-refractivity contribution < 1.29 is 9.53 Å². The molecule has 119 valence electrons. The highest BCUT2D eigenvalue weighted by Crippen LogP contribution is 2.28. The van der Waals surface area contributed by atoms with Crippen molar-refractivity contribution in [3.63, 3.8) is 0 Å². The maximum atomic E-state index is 10.9. The molecule has 0 saturated carbocycles. The molecule has 1 heterocycles. The van der Waals surface area contributed by atoms with Crippen molar-refractivity contribution in [3.05, 3.63) is 71.1 Å². The summed E-state index contributed by atoms with van der Waals surface area (Å²) in [4.78, 5) is 13.3. The van der Waals surface area contributed by atoms with Crippen molar-refractivity contribution in [1.82, 2.24) is 4.90 Å². The molecule has 0 fully saturated rings. The summed E-state index contributed by atoms with van der Waals surface area (Å²) in [6.07, 6.45) is 2.44. The summed E-state index contributed by atoms with van der Waals surface area (Å²) in [6.45, 7) is 2.84. The number of ether oxygens (including phenoxy) is 1. The van der Waals surface area contributed by atoms with Crippen LogP contribution >= 0.6 is 0 Å². The van der Waals surface area contributed by atoms with Crippen molar-refractivity contribution >= 4 is 5.91 Å². The highest BCUT2D eigenvalue weighted by Gasteiger charge is 2.19. The highest BCUT2D eigenvalue weighted by molar-refractivity contribution is 5.86. The van der Waals surface area contributed by atoms with Gasteiger partial charge in [0.1, 0.15) is 5.75 Å². The molecule has 3 rings (SSSR count). The van der Waals surface area contributed by atoms with Gasteiger partial charge in [-0.2, -0.15) is 0 Å². The number of amides is 1. The van der Waals surface area contributed by atoms with Gasteiger partial charge in [-0.15, -0.1) is 0 Å². The Balaban J connectivity index is 1.66. The quantitative estimate of drug-likeness (QED) is 0.922. The standard InChI is InChI=1S/C19H21N2O2/c1-23-18-4-2-3-16-13-21(10-9-17(16)18)12-15-7-5-14(6-8-15)11-19(20)22/h2-8,11H,9-10,12-13H2,1H3,(H2,20,22). The van der Waals surface area contributed by atoms with E-state index in [9.17, 15) is 4.79 Å². The predicted octanol–water partition coefficient (Wildman–Crippen LogP) is 2.29. The van der Waals surface area contributed by atoms with Crippen LogP contribution in [0.3, 0.4) is 0 Å². The fourth-order valence-corrected chi connectivity index (χ4v) is 3.10. The van der Waals surface area contributed by atoms with E-state index in [4.69, 9.17) is 10.5 Å². The zero-order valence-electron chi connectivity index (χ0n) is 13.3. The van der Waals surface area contributed by atoms with E-state index >= 15 is 0 Å². The third-order valence-corrected chi connectivity index (χ3v) is 4.22. The molecular weight excluding hydrogens is 288 g/mol. The average Bonchev–Trinajstić information content (AvgIpc) is 2.55. The van der Waals surface area contributed by atoms with Crippen molar-refractivity contribution in [2.45, 2.75) is 19.5 Å². The second-order valence-corrected chi connectivity index (χ2v) is 5.85. The van der Waals surface area contributed by atoms with Gasteiger partial charge in [0.15, 0.2) is 0 Å². The minimum absolute atomic E-state index is 0.417. The summed E-state index contributed by atoms with van der Waals surface area (Å²) in [6, 6.07) is 14.2. The van der Waals surface area contributed by atoms with Gasteiger partial charge in [-0.05, 0) is 34.7 Å². The van der Waals surface area contributed by atoms with Gasteiger partial charge in [0.25, 0.3) is 0 Å². The fraction of sp³-hybridized carbons (Fsp3) is 0.263. The number of nitrogens with two attached hydrogens (primary N) is 1. The number of rotatable bonds is 5. The SMILES string of the molecule is COc1cccc2c1CCN(Cc1ccc([CH]C(N)=O)cc1)C2. The first-order valence-corrected chi connectivity index (χ1v) is 7.76. The number of carbonyl (C=O) groups excluding carboxylic acids is 1. The van der Waals surface area contributed by atoms with Gasteiger partial charge in [-0.3, -0.25) is 9.69 Å². The second kappa shape index (κ2) is 6.84. The number of benzene rings is 2. The summed E-state index contributed by atoms with van der Waals surface area (Å²) < 4.78 is 5.45. The monoisotopic (exact) mass is 309 g/mol. The van der Waals surface area contributed by atoms with Crippen LogP contribution in [0, 0.1) is 6.42 Å². The lowest BCUT2D eigenvalue weighted by molar-refractivity contribution is -0.114. The van der Waals surface area contributed by atoms with Crippen LogP contribution in [0.1, 0.15) is 22.3 Å². The predicted molar refractivity (Wildman–Crippen MR) is 89.9 cm³/mol. The van der Waals surface area contributed by atoms with E-state index in [1.807, 2.05) is 18.2 Å². The Labute approximate surface area is 136 Å². The smallest absolute Gasteiger partial charge is 0.226 e. The Hall–Kier alpha value is -2.33. The first-order valence-electron chi connectivity index (χ1n) is 7.76. The van der Waals surface area contributed by atoms with E-state index in [-0.39, 0.29) is 0 Å². The largest absolute Gasteiger partial charge is 0.496 e. The summed E-state index contributed by atoms with van der Waals surface area (Å²) >= 11 is 0. The molecule has 2 N–H and O–H groups in total. The Bertz CT molecular complexity index is 695. The maximum absolute atomic E-state index is 10.9. The van der Waals surface area contributed by atoms with Gasteiger partial charge in [0.05, 0.1) is 13.5 Å². The van der Waals surface area contributed by atoms with E-state index in [2.05, 4.69) is 29.2 Å². The molecule has 0 unspecified atom stereocenters. The third-order valence-electron chi connectivity index (χ3n) is 4.22. The molecule has 1 aliphatic heterocycles. The van der Waals surface area contributed by atoms with E-state index in [1.165, 1.54) is 23.1 Å². The summed E-state index contributed by atoms with van der Waals surface area (Å²) in [5.41, 5.74) is 9.92. The van der Waals surface area contributed by atoms with Crippen LogP contribution in [0.4, 0.5) is 0 Å². The summed E-state index contributed by atoms with van der Waals surface area (Å²) in [5, 5.41) is 0. The lowest BCUT2D eigenvalue weighted by Crippen LogP contribution is -2.30. The van der Waals surface area contributed by atoms with E-state index in [1.54, 1.807) is 7.11 Å². The Morgan fingerprint density at radius 1 is 1.26 bits per heavy atom. The average molecular weight is 309 g/mol. The zero-order chi connectivity index (χ0) is 16.2. The number of methoxy groups -OCH3 is 1. The minimum Gasteiger partial charge on any atom is -0.496 e. The number of nitrogens with zero attached hydrogens (tertiary/aromatic N) is 1. The van der Waals surface area contributed by atoms with Crippen molar-refractivity contribution in [2.24, 2.45) is 5.73 Å². The van der Waals surface area contributed by atoms with Crippen LogP contribution in [0.2, 0.25) is 0 Å². The maximum Gasteiger partial charge on any atom is 0.226 e. The van der Waals surface area contributed by atoms with Gasteiger partial charge in [0.2, 0.25) is 5.91 Å². The second-order valence-electron chi connectivity index (χ2n) is 5.85. The van der Waals surface area contributed by atoms with Crippen molar-refractivity contribution in [3.8, 4) is 5.75 Å². The molecule has 0 bridgehead atoms. The first-order chi connectivity index (χ1) is 11.2. The number of fused-ring (bicyclic) bond motifs is 1. The Kier molecular flexibility index (Phi) is 4.63.